The summed E-state index contributed by atoms with van der Waals surface area (Å²) in [5.74, 6) is -0.373. The Bertz CT molecular complexity index is 962. The molecule has 3 aromatic rings. The molecule has 25 heavy (non-hydrogen) atoms. The second-order valence-corrected chi connectivity index (χ2v) is 7.73. The number of aromatic nitrogens is 1. The average Bonchev–Trinajstić information content (AvgIpc) is 2.88. The van der Waals surface area contributed by atoms with E-state index >= 15 is 0 Å². The number of hydrogen-bond acceptors (Lipinski definition) is 4. The number of fused-ring (bicyclic) bond motifs is 1. The number of amides is 1. The van der Waals surface area contributed by atoms with Gasteiger partial charge in [0.1, 0.15) is 0 Å². The molecule has 0 aliphatic heterocycles. The minimum Gasteiger partial charge on any atom is -0.308 e. The first-order valence-corrected chi connectivity index (χ1v) is 9.27. The molecule has 0 atom stereocenters. The summed E-state index contributed by atoms with van der Waals surface area (Å²) in [6, 6.07) is 8.98. The molecule has 8 heteroatoms. The zero-order valence-electron chi connectivity index (χ0n) is 13.3. The highest BCUT2D eigenvalue weighted by Crippen LogP contribution is 2.30. The number of carbonyl (C=O) groups is 1. The van der Waals surface area contributed by atoms with Crippen LogP contribution in [0.2, 0.25) is 10.0 Å². The van der Waals surface area contributed by atoms with E-state index < -0.39 is 0 Å². The number of hydrogen-bond donors (Lipinski definition) is 2. The normalized spacial score (nSPS) is 10.7. The van der Waals surface area contributed by atoms with Crippen LogP contribution in [0.15, 0.2) is 30.3 Å². The van der Waals surface area contributed by atoms with E-state index in [-0.39, 0.29) is 11.0 Å². The van der Waals surface area contributed by atoms with Crippen LogP contribution in [0, 0.1) is 13.8 Å². The summed E-state index contributed by atoms with van der Waals surface area (Å²) in [4.78, 5) is 16.7. The Morgan fingerprint density at radius 2 is 1.92 bits per heavy atom. The van der Waals surface area contributed by atoms with Crippen molar-refractivity contribution >= 4 is 73.1 Å². The molecule has 0 radical (unpaired) electrons. The van der Waals surface area contributed by atoms with Crippen LogP contribution in [-0.2, 0) is 0 Å². The number of benzene rings is 2. The third-order valence-corrected chi connectivity index (χ3v) is 5.34. The quantitative estimate of drug-likeness (QED) is 0.560. The molecule has 0 bridgehead atoms. The van der Waals surface area contributed by atoms with Gasteiger partial charge < -0.3 is 5.32 Å². The summed E-state index contributed by atoms with van der Waals surface area (Å²) in [6.07, 6.45) is 0. The van der Waals surface area contributed by atoms with Crippen molar-refractivity contribution in [2.75, 3.05) is 5.32 Å². The highest BCUT2D eigenvalue weighted by molar-refractivity contribution is 7.80. The SMILES string of the molecule is Cc1ccc(C(=O)NC(=S)Nc2nc3cc(Cl)c(C)cc3s2)c(Cl)c1. The van der Waals surface area contributed by atoms with Crippen LogP contribution in [0.1, 0.15) is 21.5 Å². The van der Waals surface area contributed by atoms with Crippen LogP contribution in [0.25, 0.3) is 10.2 Å². The highest BCUT2D eigenvalue weighted by atomic mass is 35.5. The van der Waals surface area contributed by atoms with Crippen molar-refractivity contribution in [3.63, 3.8) is 0 Å². The van der Waals surface area contributed by atoms with E-state index in [4.69, 9.17) is 35.4 Å². The molecule has 1 amide bonds. The molecular weight excluding hydrogens is 397 g/mol. The van der Waals surface area contributed by atoms with Gasteiger partial charge in [0.05, 0.1) is 20.8 Å². The standard InChI is InChI=1S/C17H13Cl2N3OS2/c1-8-3-4-10(12(19)5-8)15(23)21-16(24)22-17-20-13-7-11(18)9(2)6-14(13)25-17/h3-7H,1-2H3,(H2,20,21,22,23,24). The van der Waals surface area contributed by atoms with Crippen molar-refractivity contribution < 1.29 is 4.79 Å². The third-order valence-electron chi connectivity index (χ3n) is 3.49. The largest absolute Gasteiger partial charge is 0.308 e. The molecule has 2 aromatic carbocycles. The fourth-order valence-electron chi connectivity index (χ4n) is 2.21. The predicted octanol–water partition coefficient (Wildman–Crippen LogP) is 5.35. The lowest BCUT2D eigenvalue weighted by molar-refractivity contribution is 0.0978. The summed E-state index contributed by atoms with van der Waals surface area (Å²) in [5.41, 5.74) is 3.10. The number of aryl methyl sites for hydroxylation is 2. The Hall–Kier alpha value is -1.73. The van der Waals surface area contributed by atoms with Gasteiger partial charge in [-0.2, -0.15) is 0 Å². The minimum absolute atomic E-state index is 0.156. The van der Waals surface area contributed by atoms with Gasteiger partial charge >= 0.3 is 0 Å². The average molecular weight is 410 g/mol. The van der Waals surface area contributed by atoms with E-state index in [1.807, 2.05) is 32.0 Å². The van der Waals surface area contributed by atoms with E-state index in [1.54, 1.807) is 12.1 Å². The number of nitrogens with zero attached hydrogens (tertiary/aromatic N) is 1. The molecule has 0 unspecified atom stereocenters. The number of rotatable bonds is 2. The van der Waals surface area contributed by atoms with Crippen molar-refractivity contribution in [1.82, 2.24) is 10.3 Å². The summed E-state index contributed by atoms with van der Waals surface area (Å²) >= 11 is 18.8. The van der Waals surface area contributed by atoms with Crippen molar-refractivity contribution in [2.45, 2.75) is 13.8 Å². The van der Waals surface area contributed by atoms with Gasteiger partial charge in [-0.3, -0.25) is 10.1 Å². The summed E-state index contributed by atoms with van der Waals surface area (Å²) in [7, 11) is 0. The number of thiocarbonyl (C=S) groups is 1. The Morgan fingerprint density at radius 1 is 1.16 bits per heavy atom. The maximum Gasteiger partial charge on any atom is 0.258 e. The van der Waals surface area contributed by atoms with E-state index in [0.29, 0.717) is 20.7 Å². The van der Waals surface area contributed by atoms with Gasteiger partial charge in [0, 0.05) is 5.02 Å². The first-order chi connectivity index (χ1) is 11.8. The maximum atomic E-state index is 12.3. The van der Waals surface area contributed by atoms with Gasteiger partial charge in [-0.25, -0.2) is 4.98 Å². The first kappa shape index (κ1) is 18.1. The van der Waals surface area contributed by atoms with Crippen LogP contribution in [-0.4, -0.2) is 16.0 Å². The van der Waals surface area contributed by atoms with Gasteiger partial charge in [-0.05, 0) is 61.5 Å². The second kappa shape index (κ2) is 7.25. The molecule has 0 aliphatic carbocycles. The minimum atomic E-state index is -0.373. The van der Waals surface area contributed by atoms with E-state index in [2.05, 4.69) is 15.6 Å². The van der Waals surface area contributed by atoms with Crippen LogP contribution >= 0.6 is 46.8 Å². The Kier molecular flexibility index (Phi) is 5.24. The summed E-state index contributed by atoms with van der Waals surface area (Å²) in [5, 5.41) is 7.31. The Balaban J connectivity index is 1.73. The molecule has 0 saturated carbocycles. The molecule has 0 aliphatic rings. The molecule has 0 spiro atoms. The number of anilines is 1. The third kappa shape index (κ3) is 4.10. The van der Waals surface area contributed by atoms with Crippen molar-refractivity contribution in [3.05, 3.63) is 57.1 Å². The molecule has 1 heterocycles. The lowest BCUT2D eigenvalue weighted by Crippen LogP contribution is -2.34. The molecule has 2 N–H and O–H groups in total. The Morgan fingerprint density at radius 3 is 2.64 bits per heavy atom. The fraction of sp³-hybridized carbons (Fsp3) is 0.118. The summed E-state index contributed by atoms with van der Waals surface area (Å²) in [6.45, 7) is 3.84. The highest BCUT2D eigenvalue weighted by Gasteiger charge is 2.13. The maximum absolute atomic E-state index is 12.3. The molecule has 0 fully saturated rings. The lowest BCUT2D eigenvalue weighted by atomic mass is 10.1. The molecular formula is C17H13Cl2N3OS2. The lowest BCUT2D eigenvalue weighted by Gasteiger charge is -2.08. The molecule has 4 nitrogen and oxygen atoms in total. The van der Waals surface area contributed by atoms with Crippen molar-refractivity contribution in [1.29, 1.82) is 0 Å². The summed E-state index contributed by atoms with van der Waals surface area (Å²) < 4.78 is 0.986. The Labute approximate surface area is 164 Å². The fourth-order valence-corrected chi connectivity index (χ4v) is 3.89. The number of halogens is 2. The topological polar surface area (TPSA) is 54.0 Å². The monoisotopic (exact) mass is 409 g/mol. The molecule has 0 saturated heterocycles. The van der Waals surface area contributed by atoms with Gasteiger partial charge in [0.15, 0.2) is 10.2 Å². The number of carbonyl (C=O) groups excluding carboxylic acids is 1. The molecule has 128 valence electrons. The van der Waals surface area contributed by atoms with Crippen LogP contribution in [0.3, 0.4) is 0 Å². The first-order valence-electron chi connectivity index (χ1n) is 7.28. The second-order valence-electron chi connectivity index (χ2n) is 5.48. The van der Waals surface area contributed by atoms with Gasteiger partial charge in [0.25, 0.3) is 5.91 Å². The zero-order chi connectivity index (χ0) is 18.1. The van der Waals surface area contributed by atoms with Crippen LogP contribution in [0.4, 0.5) is 5.13 Å². The predicted molar refractivity (Wildman–Crippen MR) is 109 cm³/mol. The van der Waals surface area contributed by atoms with Crippen LogP contribution < -0.4 is 10.6 Å². The number of thiazole rings is 1. The van der Waals surface area contributed by atoms with E-state index in [9.17, 15) is 4.79 Å². The molecule has 3 rings (SSSR count). The van der Waals surface area contributed by atoms with Gasteiger partial charge in [0.2, 0.25) is 0 Å². The zero-order valence-corrected chi connectivity index (χ0v) is 16.5. The van der Waals surface area contributed by atoms with Crippen molar-refractivity contribution in [3.8, 4) is 0 Å². The van der Waals surface area contributed by atoms with E-state index in [1.165, 1.54) is 11.3 Å². The van der Waals surface area contributed by atoms with Crippen LogP contribution in [0.5, 0.6) is 0 Å². The molecule has 1 aromatic heterocycles. The van der Waals surface area contributed by atoms with Gasteiger partial charge in [-0.1, -0.05) is 40.6 Å². The van der Waals surface area contributed by atoms with Crippen molar-refractivity contribution in [2.24, 2.45) is 0 Å². The van der Waals surface area contributed by atoms with E-state index in [0.717, 1.165) is 21.3 Å². The van der Waals surface area contributed by atoms with Gasteiger partial charge in [-0.15, -0.1) is 0 Å². The number of nitrogens with one attached hydrogen (secondary N) is 2. The smallest absolute Gasteiger partial charge is 0.258 e.